The summed E-state index contributed by atoms with van der Waals surface area (Å²) in [5.74, 6) is 0.630. The smallest absolute Gasteiger partial charge is 0.235 e. The third-order valence-electron chi connectivity index (χ3n) is 3.67. The number of nitrogens with one attached hydrogen (secondary N) is 1. The van der Waals surface area contributed by atoms with Gasteiger partial charge in [-0.15, -0.1) is 0 Å². The van der Waals surface area contributed by atoms with Crippen molar-refractivity contribution in [2.75, 3.05) is 19.6 Å². The summed E-state index contributed by atoms with van der Waals surface area (Å²) in [4.78, 5) is 13.7. The van der Waals surface area contributed by atoms with Crippen molar-refractivity contribution in [1.82, 2.24) is 10.2 Å². The summed E-state index contributed by atoms with van der Waals surface area (Å²) in [5, 5.41) is 3.33. The van der Waals surface area contributed by atoms with Crippen LogP contribution >= 0.6 is 0 Å². The van der Waals surface area contributed by atoms with Crippen molar-refractivity contribution in [2.45, 2.75) is 44.7 Å². The second-order valence-corrected chi connectivity index (χ2v) is 5.38. The average Bonchev–Trinajstić information content (AvgIpc) is 3.04. The Balaban J connectivity index is 1.77. The van der Waals surface area contributed by atoms with Crippen LogP contribution in [0.5, 0.6) is 0 Å². The molecule has 4 nitrogen and oxygen atoms in total. The molecule has 1 unspecified atom stereocenters. The van der Waals surface area contributed by atoms with E-state index in [9.17, 15) is 4.79 Å². The number of piperidine rings is 1. The van der Waals surface area contributed by atoms with Crippen LogP contribution in [0.2, 0.25) is 0 Å². The molecule has 92 valence electrons. The van der Waals surface area contributed by atoms with Crippen molar-refractivity contribution < 1.29 is 4.79 Å². The molecular formula is C12H23N3O. The number of hydrogen-bond donors (Lipinski definition) is 2. The van der Waals surface area contributed by atoms with E-state index in [4.69, 9.17) is 5.73 Å². The van der Waals surface area contributed by atoms with Gasteiger partial charge in [0.1, 0.15) is 0 Å². The maximum Gasteiger partial charge on any atom is 0.235 e. The van der Waals surface area contributed by atoms with Crippen LogP contribution in [0.4, 0.5) is 0 Å². The van der Waals surface area contributed by atoms with E-state index in [1.165, 1.54) is 25.7 Å². The first-order valence-corrected chi connectivity index (χ1v) is 6.43. The van der Waals surface area contributed by atoms with E-state index < -0.39 is 0 Å². The Kier molecular flexibility index (Phi) is 3.82. The fraction of sp³-hybridized carbons (Fsp3) is 0.917. The molecule has 0 aromatic carbocycles. The molecule has 2 rings (SSSR count). The highest BCUT2D eigenvalue weighted by Crippen LogP contribution is 2.20. The zero-order chi connectivity index (χ0) is 11.5. The zero-order valence-corrected chi connectivity index (χ0v) is 10.1. The highest BCUT2D eigenvalue weighted by Gasteiger charge is 2.29. The molecule has 0 aromatic heterocycles. The summed E-state index contributed by atoms with van der Waals surface area (Å²) in [5.41, 5.74) is 5.43. The fourth-order valence-corrected chi connectivity index (χ4v) is 2.26. The van der Waals surface area contributed by atoms with Gasteiger partial charge in [0.25, 0.3) is 0 Å². The summed E-state index contributed by atoms with van der Waals surface area (Å²) in [6.45, 7) is 5.30. The molecule has 2 fully saturated rings. The normalized spacial score (nSPS) is 25.6. The highest BCUT2D eigenvalue weighted by atomic mass is 16.1. The molecule has 1 heterocycles. The lowest BCUT2D eigenvalue weighted by atomic mass is 9.99. The number of carbonyl (C=O) groups excluding carboxylic acids is 1. The van der Waals surface area contributed by atoms with Crippen molar-refractivity contribution in [3.8, 4) is 0 Å². The van der Waals surface area contributed by atoms with E-state index >= 15 is 0 Å². The minimum Gasteiger partial charge on any atom is -0.368 e. The number of likely N-dealkylation sites (tertiary alicyclic amines) is 1. The van der Waals surface area contributed by atoms with Crippen molar-refractivity contribution in [2.24, 2.45) is 11.7 Å². The van der Waals surface area contributed by atoms with Gasteiger partial charge in [-0.25, -0.2) is 0 Å². The first kappa shape index (κ1) is 11.9. The Morgan fingerprint density at radius 3 is 2.50 bits per heavy atom. The SMILES string of the molecule is CC1CCN(CC(NC2CC2)C(N)=O)CC1. The molecule has 1 saturated heterocycles. The third kappa shape index (κ3) is 3.46. The summed E-state index contributed by atoms with van der Waals surface area (Å²) in [6, 6.07) is 0.391. The van der Waals surface area contributed by atoms with E-state index in [0.717, 1.165) is 25.6 Å². The molecule has 1 saturated carbocycles. The van der Waals surface area contributed by atoms with Crippen LogP contribution < -0.4 is 11.1 Å². The topological polar surface area (TPSA) is 58.4 Å². The van der Waals surface area contributed by atoms with Crippen LogP contribution in [-0.4, -0.2) is 42.5 Å². The molecule has 1 atom stereocenters. The predicted octanol–water partition coefficient (Wildman–Crippen LogP) is 0.324. The Bertz CT molecular complexity index is 245. The number of hydrogen-bond acceptors (Lipinski definition) is 3. The lowest BCUT2D eigenvalue weighted by Gasteiger charge is -2.32. The summed E-state index contributed by atoms with van der Waals surface area (Å²) < 4.78 is 0. The molecule has 1 amide bonds. The van der Waals surface area contributed by atoms with Gasteiger partial charge in [-0.3, -0.25) is 4.79 Å². The highest BCUT2D eigenvalue weighted by molar-refractivity contribution is 5.80. The van der Waals surface area contributed by atoms with E-state index in [2.05, 4.69) is 17.1 Å². The van der Waals surface area contributed by atoms with Crippen molar-refractivity contribution in [3.05, 3.63) is 0 Å². The molecule has 16 heavy (non-hydrogen) atoms. The molecule has 2 aliphatic rings. The molecule has 0 aromatic rings. The molecule has 0 spiro atoms. The number of carbonyl (C=O) groups is 1. The second-order valence-electron chi connectivity index (χ2n) is 5.38. The average molecular weight is 225 g/mol. The first-order valence-electron chi connectivity index (χ1n) is 6.43. The minimum atomic E-state index is -0.203. The van der Waals surface area contributed by atoms with Crippen LogP contribution in [0.3, 0.4) is 0 Å². The number of amides is 1. The van der Waals surface area contributed by atoms with Crippen molar-refractivity contribution >= 4 is 5.91 Å². The molecular weight excluding hydrogens is 202 g/mol. The van der Waals surface area contributed by atoms with Gasteiger partial charge >= 0.3 is 0 Å². The van der Waals surface area contributed by atoms with Crippen LogP contribution in [-0.2, 0) is 4.79 Å². The number of rotatable bonds is 5. The van der Waals surface area contributed by atoms with Crippen LogP contribution in [0, 0.1) is 5.92 Å². The number of primary amides is 1. The second kappa shape index (κ2) is 5.15. The molecule has 0 bridgehead atoms. The predicted molar refractivity (Wildman–Crippen MR) is 64.0 cm³/mol. The van der Waals surface area contributed by atoms with E-state index in [1.807, 2.05) is 0 Å². The largest absolute Gasteiger partial charge is 0.368 e. The van der Waals surface area contributed by atoms with Crippen LogP contribution in [0.1, 0.15) is 32.6 Å². The van der Waals surface area contributed by atoms with Gasteiger partial charge in [0, 0.05) is 12.6 Å². The number of nitrogens with zero attached hydrogens (tertiary/aromatic N) is 1. The lowest BCUT2D eigenvalue weighted by Crippen LogP contribution is -2.51. The maximum atomic E-state index is 11.3. The molecule has 4 heteroatoms. The van der Waals surface area contributed by atoms with Gasteiger partial charge < -0.3 is 16.0 Å². The monoisotopic (exact) mass is 225 g/mol. The zero-order valence-electron chi connectivity index (χ0n) is 10.1. The van der Waals surface area contributed by atoms with Gasteiger partial charge in [0.15, 0.2) is 0 Å². The van der Waals surface area contributed by atoms with Crippen molar-refractivity contribution in [1.29, 1.82) is 0 Å². The van der Waals surface area contributed by atoms with E-state index in [-0.39, 0.29) is 11.9 Å². The van der Waals surface area contributed by atoms with E-state index in [1.54, 1.807) is 0 Å². The van der Waals surface area contributed by atoms with Crippen LogP contribution in [0.15, 0.2) is 0 Å². The third-order valence-corrected chi connectivity index (χ3v) is 3.67. The van der Waals surface area contributed by atoms with Gasteiger partial charge in [-0.1, -0.05) is 6.92 Å². The molecule has 1 aliphatic carbocycles. The van der Waals surface area contributed by atoms with E-state index in [0.29, 0.717) is 6.04 Å². The Hall–Kier alpha value is -0.610. The Morgan fingerprint density at radius 1 is 1.38 bits per heavy atom. The van der Waals surface area contributed by atoms with Crippen molar-refractivity contribution in [3.63, 3.8) is 0 Å². The van der Waals surface area contributed by atoms with Gasteiger partial charge in [-0.05, 0) is 44.7 Å². The van der Waals surface area contributed by atoms with Gasteiger partial charge in [0.05, 0.1) is 6.04 Å². The summed E-state index contributed by atoms with van der Waals surface area (Å²) in [7, 11) is 0. The lowest BCUT2D eigenvalue weighted by molar-refractivity contribution is -0.120. The fourth-order valence-electron chi connectivity index (χ4n) is 2.26. The molecule has 3 N–H and O–H groups in total. The first-order chi connectivity index (χ1) is 7.65. The van der Waals surface area contributed by atoms with Crippen LogP contribution in [0.25, 0.3) is 0 Å². The summed E-state index contributed by atoms with van der Waals surface area (Å²) >= 11 is 0. The minimum absolute atomic E-state index is 0.152. The Morgan fingerprint density at radius 2 is 2.00 bits per heavy atom. The number of nitrogens with two attached hydrogens (primary N) is 1. The molecule has 0 radical (unpaired) electrons. The maximum absolute atomic E-state index is 11.3. The summed E-state index contributed by atoms with van der Waals surface area (Å²) in [6.07, 6.45) is 4.88. The van der Waals surface area contributed by atoms with Gasteiger partial charge in [-0.2, -0.15) is 0 Å². The standard InChI is InChI=1S/C12H23N3O/c1-9-4-6-15(7-5-9)8-11(12(13)16)14-10-2-3-10/h9-11,14H,2-8H2,1H3,(H2,13,16). The Labute approximate surface area is 97.6 Å². The molecule has 1 aliphatic heterocycles. The van der Waals surface area contributed by atoms with Gasteiger partial charge in [0.2, 0.25) is 5.91 Å². The quantitative estimate of drug-likeness (QED) is 0.708.